The number of hydrogen-bond acceptors (Lipinski definition) is 4. The van der Waals surface area contributed by atoms with Crippen molar-refractivity contribution in [3.05, 3.63) is 34.4 Å². The highest BCUT2D eigenvalue weighted by Crippen LogP contribution is 2.36. The molecule has 4 nitrogen and oxygen atoms in total. The largest absolute Gasteiger partial charge is 0.487 e. The van der Waals surface area contributed by atoms with Crippen molar-refractivity contribution in [1.29, 1.82) is 0 Å². The molecule has 2 rings (SSSR count). The molecule has 0 spiro atoms. The molecule has 0 radical (unpaired) electrons. The van der Waals surface area contributed by atoms with Gasteiger partial charge in [0, 0.05) is 11.6 Å². The van der Waals surface area contributed by atoms with E-state index in [0.29, 0.717) is 21.3 Å². The van der Waals surface area contributed by atoms with Gasteiger partial charge in [0.1, 0.15) is 18.2 Å². The van der Waals surface area contributed by atoms with E-state index in [-0.39, 0.29) is 13.2 Å². The van der Waals surface area contributed by atoms with Crippen LogP contribution in [0.25, 0.3) is 10.9 Å². The molecule has 0 aliphatic heterocycles. The molecule has 18 heavy (non-hydrogen) atoms. The van der Waals surface area contributed by atoms with Crippen molar-refractivity contribution in [3.8, 4) is 5.75 Å². The third kappa shape index (κ3) is 2.67. The molecule has 2 N–H and O–H groups in total. The minimum atomic E-state index is -0.962. The number of aromatic nitrogens is 1. The van der Waals surface area contributed by atoms with E-state index in [1.807, 2.05) is 0 Å². The third-order valence-corrected chi connectivity index (χ3v) is 2.97. The molecule has 0 unspecified atom stereocenters. The van der Waals surface area contributed by atoms with Crippen LogP contribution >= 0.6 is 23.2 Å². The molecule has 0 saturated carbocycles. The van der Waals surface area contributed by atoms with Gasteiger partial charge in [0.25, 0.3) is 0 Å². The molecule has 1 aromatic heterocycles. The minimum Gasteiger partial charge on any atom is -0.487 e. The Kier molecular flexibility index (Phi) is 4.24. The Morgan fingerprint density at radius 1 is 1.33 bits per heavy atom. The molecule has 96 valence electrons. The highest BCUT2D eigenvalue weighted by Gasteiger charge is 2.13. The minimum absolute atomic E-state index is 0.0659. The van der Waals surface area contributed by atoms with E-state index < -0.39 is 6.10 Å². The van der Waals surface area contributed by atoms with Crippen molar-refractivity contribution >= 4 is 34.1 Å². The van der Waals surface area contributed by atoms with Crippen molar-refractivity contribution in [2.45, 2.75) is 6.10 Å². The molecular formula is C12H11Cl2NO3. The number of fused-ring (bicyclic) bond motifs is 1. The van der Waals surface area contributed by atoms with Gasteiger partial charge in [-0.3, -0.25) is 4.98 Å². The van der Waals surface area contributed by atoms with Gasteiger partial charge in [-0.25, -0.2) is 0 Å². The Labute approximate surface area is 114 Å². The fourth-order valence-corrected chi connectivity index (χ4v) is 2.09. The number of rotatable bonds is 4. The summed E-state index contributed by atoms with van der Waals surface area (Å²) in [6, 6.07) is 5.12. The second-order valence-corrected chi connectivity index (χ2v) is 4.53. The van der Waals surface area contributed by atoms with Gasteiger partial charge < -0.3 is 14.9 Å². The average Bonchev–Trinajstić information content (AvgIpc) is 2.38. The first-order valence-corrected chi connectivity index (χ1v) is 6.03. The molecular weight excluding hydrogens is 277 g/mol. The first-order chi connectivity index (χ1) is 8.63. The summed E-state index contributed by atoms with van der Waals surface area (Å²) in [5.41, 5.74) is 0.528. The predicted molar refractivity (Wildman–Crippen MR) is 70.4 cm³/mol. The summed E-state index contributed by atoms with van der Waals surface area (Å²) in [7, 11) is 0. The van der Waals surface area contributed by atoms with Crippen LogP contribution in [0.2, 0.25) is 10.0 Å². The van der Waals surface area contributed by atoms with Gasteiger partial charge in [0.15, 0.2) is 5.75 Å². The van der Waals surface area contributed by atoms with E-state index in [1.165, 1.54) is 0 Å². The topological polar surface area (TPSA) is 62.6 Å². The van der Waals surface area contributed by atoms with Crippen LogP contribution in [0.5, 0.6) is 5.75 Å². The summed E-state index contributed by atoms with van der Waals surface area (Å²) in [5, 5.41) is 19.5. The van der Waals surface area contributed by atoms with Crippen LogP contribution < -0.4 is 4.74 Å². The molecule has 0 saturated heterocycles. The first kappa shape index (κ1) is 13.4. The Hall–Kier alpha value is -1.07. The lowest BCUT2D eigenvalue weighted by molar-refractivity contribution is 0.0541. The van der Waals surface area contributed by atoms with Gasteiger partial charge in [-0.1, -0.05) is 23.2 Å². The van der Waals surface area contributed by atoms with E-state index in [1.54, 1.807) is 24.4 Å². The van der Waals surface area contributed by atoms with E-state index in [0.717, 1.165) is 5.39 Å². The van der Waals surface area contributed by atoms with Gasteiger partial charge >= 0.3 is 0 Å². The third-order valence-electron chi connectivity index (χ3n) is 2.38. The number of ether oxygens (including phenoxy) is 1. The maximum atomic E-state index is 9.27. The first-order valence-electron chi connectivity index (χ1n) is 5.28. The Balaban J connectivity index is 2.43. The van der Waals surface area contributed by atoms with Gasteiger partial charge in [0.2, 0.25) is 0 Å². The monoisotopic (exact) mass is 287 g/mol. The van der Waals surface area contributed by atoms with Crippen molar-refractivity contribution in [1.82, 2.24) is 4.98 Å². The molecule has 1 aromatic carbocycles. The summed E-state index contributed by atoms with van der Waals surface area (Å²) in [6.45, 7) is -0.444. The van der Waals surface area contributed by atoms with Gasteiger partial charge in [-0.15, -0.1) is 0 Å². The van der Waals surface area contributed by atoms with Crippen molar-refractivity contribution in [2.24, 2.45) is 0 Å². The second-order valence-electron chi connectivity index (χ2n) is 3.72. The van der Waals surface area contributed by atoms with Crippen molar-refractivity contribution in [2.75, 3.05) is 13.2 Å². The lowest BCUT2D eigenvalue weighted by Gasteiger charge is -2.13. The standard InChI is InChI=1S/C12H11Cl2NO3/c13-9-4-10(14)12(18-6-7(17)5-16)11-8(9)2-1-3-15-11/h1-4,7,16-17H,5-6H2/t7-/m1/s1. The Morgan fingerprint density at radius 2 is 2.11 bits per heavy atom. The van der Waals surface area contributed by atoms with Crippen LogP contribution in [0.3, 0.4) is 0 Å². The molecule has 2 aromatic rings. The quantitative estimate of drug-likeness (QED) is 0.906. The number of aliphatic hydroxyl groups is 2. The van der Waals surface area contributed by atoms with Crippen LogP contribution in [-0.4, -0.2) is 34.5 Å². The Bertz CT molecular complexity index is 562. The zero-order valence-electron chi connectivity index (χ0n) is 9.31. The number of hydrogen-bond donors (Lipinski definition) is 2. The summed E-state index contributed by atoms with van der Waals surface area (Å²) in [4.78, 5) is 4.17. The van der Waals surface area contributed by atoms with Crippen LogP contribution in [-0.2, 0) is 0 Å². The fraction of sp³-hybridized carbons (Fsp3) is 0.250. The molecule has 0 aliphatic rings. The van der Waals surface area contributed by atoms with Crippen LogP contribution in [0.4, 0.5) is 0 Å². The molecule has 0 bridgehead atoms. The highest BCUT2D eigenvalue weighted by molar-refractivity contribution is 6.39. The maximum absolute atomic E-state index is 9.27. The smallest absolute Gasteiger partial charge is 0.164 e. The summed E-state index contributed by atoms with van der Waals surface area (Å²) >= 11 is 12.1. The lowest BCUT2D eigenvalue weighted by atomic mass is 10.2. The molecule has 1 heterocycles. The van der Waals surface area contributed by atoms with E-state index in [4.69, 9.17) is 33.0 Å². The summed E-state index contributed by atoms with van der Waals surface area (Å²) in [6.07, 6.45) is 0.639. The van der Waals surface area contributed by atoms with E-state index in [9.17, 15) is 5.11 Å². The number of aliphatic hydroxyl groups excluding tert-OH is 2. The number of halogens is 2. The number of pyridine rings is 1. The van der Waals surface area contributed by atoms with Gasteiger partial charge in [0.05, 0.1) is 16.7 Å². The summed E-state index contributed by atoms with van der Waals surface area (Å²) in [5.74, 6) is 0.351. The summed E-state index contributed by atoms with van der Waals surface area (Å²) < 4.78 is 5.39. The van der Waals surface area contributed by atoms with Crippen LogP contribution in [0, 0.1) is 0 Å². The molecule has 0 aliphatic carbocycles. The Morgan fingerprint density at radius 3 is 2.83 bits per heavy atom. The average molecular weight is 288 g/mol. The van der Waals surface area contributed by atoms with Gasteiger partial charge in [-0.05, 0) is 18.2 Å². The van der Waals surface area contributed by atoms with Crippen LogP contribution in [0.1, 0.15) is 0 Å². The van der Waals surface area contributed by atoms with Crippen LogP contribution in [0.15, 0.2) is 24.4 Å². The zero-order valence-corrected chi connectivity index (χ0v) is 10.8. The molecule has 1 atom stereocenters. The van der Waals surface area contributed by atoms with Gasteiger partial charge in [-0.2, -0.15) is 0 Å². The van der Waals surface area contributed by atoms with Crippen molar-refractivity contribution in [3.63, 3.8) is 0 Å². The van der Waals surface area contributed by atoms with E-state index in [2.05, 4.69) is 4.98 Å². The highest BCUT2D eigenvalue weighted by atomic mass is 35.5. The number of nitrogens with zero attached hydrogens (tertiary/aromatic N) is 1. The molecule has 0 amide bonds. The molecule has 6 heteroatoms. The number of benzene rings is 1. The second kappa shape index (κ2) is 5.71. The SMILES string of the molecule is OC[C@@H](O)COc1c(Cl)cc(Cl)c2cccnc12. The normalized spacial score (nSPS) is 12.7. The maximum Gasteiger partial charge on any atom is 0.164 e. The van der Waals surface area contributed by atoms with E-state index >= 15 is 0 Å². The fourth-order valence-electron chi connectivity index (χ4n) is 1.52. The lowest BCUT2D eigenvalue weighted by Crippen LogP contribution is -2.21. The van der Waals surface area contributed by atoms with Crippen molar-refractivity contribution < 1.29 is 14.9 Å². The zero-order chi connectivity index (χ0) is 13.1. The molecule has 0 fully saturated rings. The predicted octanol–water partition coefficient (Wildman–Crippen LogP) is 2.27.